The lowest BCUT2D eigenvalue weighted by molar-refractivity contribution is 0.381. The predicted molar refractivity (Wildman–Crippen MR) is 89.5 cm³/mol. The van der Waals surface area contributed by atoms with Gasteiger partial charge in [0.1, 0.15) is 11.5 Å². The predicted octanol–water partition coefficient (Wildman–Crippen LogP) is 3.15. The second kappa shape index (κ2) is 9.26. The van der Waals surface area contributed by atoms with Crippen LogP contribution in [0.4, 0.5) is 0 Å². The fourth-order valence-corrected chi connectivity index (χ4v) is 1.93. The lowest BCUT2D eigenvalue weighted by Gasteiger charge is -2.13. The zero-order valence-corrected chi connectivity index (χ0v) is 13.8. The first kappa shape index (κ1) is 19.1. The van der Waals surface area contributed by atoms with Crippen molar-refractivity contribution >= 4 is 10.4 Å². The molecule has 0 aliphatic heterocycles. The molecule has 1 unspecified atom stereocenters. The molecule has 0 radical (unpaired) electrons. The van der Waals surface area contributed by atoms with Crippen molar-refractivity contribution in [1.82, 2.24) is 5.32 Å². The molecule has 0 aliphatic rings. The average Bonchev–Trinajstić information content (AvgIpc) is 2.47. The van der Waals surface area contributed by atoms with Crippen LogP contribution < -0.4 is 10.1 Å². The summed E-state index contributed by atoms with van der Waals surface area (Å²) in [4.78, 5) is 0. The van der Waals surface area contributed by atoms with Gasteiger partial charge in [-0.1, -0.05) is 37.3 Å². The molecule has 126 valence electrons. The average molecular weight is 339 g/mol. The summed E-state index contributed by atoms with van der Waals surface area (Å²) >= 11 is 0. The molecule has 0 saturated heterocycles. The standard InChI is InChI=1S/C16H19NO.H2O4S/c1-13(12-17-2)14-7-6-10-16(11-14)18-15-8-4-3-5-9-15;1-5(2,3)4/h3-11,13,17H,12H2,1-2H3;(H2,1,2,3,4). The van der Waals surface area contributed by atoms with Crippen LogP contribution in [0.3, 0.4) is 0 Å². The third kappa shape index (κ3) is 8.94. The molecule has 3 N–H and O–H groups in total. The summed E-state index contributed by atoms with van der Waals surface area (Å²) in [5, 5.41) is 3.19. The van der Waals surface area contributed by atoms with E-state index in [1.165, 1.54) is 5.56 Å². The highest BCUT2D eigenvalue weighted by Crippen LogP contribution is 2.24. The van der Waals surface area contributed by atoms with E-state index in [-0.39, 0.29) is 0 Å². The number of rotatable bonds is 5. The summed E-state index contributed by atoms with van der Waals surface area (Å²) in [6.07, 6.45) is 0. The number of benzene rings is 2. The maximum Gasteiger partial charge on any atom is 0.394 e. The van der Waals surface area contributed by atoms with E-state index in [1.807, 2.05) is 49.5 Å². The fraction of sp³-hybridized carbons (Fsp3) is 0.250. The molecule has 1 atom stereocenters. The van der Waals surface area contributed by atoms with Gasteiger partial charge in [-0.05, 0) is 42.8 Å². The molecular weight excluding hydrogens is 318 g/mol. The molecule has 2 rings (SSSR count). The van der Waals surface area contributed by atoms with Gasteiger partial charge < -0.3 is 10.1 Å². The Morgan fingerprint density at radius 1 is 1.04 bits per heavy atom. The van der Waals surface area contributed by atoms with E-state index in [1.54, 1.807) is 0 Å². The maximum absolute atomic E-state index is 8.74. The number of ether oxygens (including phenoxy) is 1. The van der Waals surface area contributed by atoms with Gasteiger partial charge in [0.15, 0.2) is 0 Å². The SMILES string of the molecule is CNCC(C)c1cccc(Oc2ccccc2)c1.O=S(=O)(O)O. The molecule has 0 heterocycles. The second-order valence-electron chi connectivity index (χ2n) is 4.89. The minimum absolute atomic E-state index is 0.481. The summed E-state index contributed by atoms with van der Waals surface area (Å²) in [5.41, 5.74) is 1.29. The molecule has 0 spiro atoms. The third-order valence-corrected chi connectivity index (χ3v) is 2.92. The monoisotopic (exact) mass is 339 g/mol. The van der Waals surface area contributed by atoms with Crippen LogP contribution in [0.25, 0.3) is 0 Å². The Hall–Kier alpha value is -1.93. The van der Waals surface area contributed by atoms with E-state index < -0.39 is 10.4 Å². The molecule has 0 saturated carbocycles. The van der Waals surface area contributed by atoms with E-state index in [0.717, 1.165) is 18.0 Å². The Bertz CT molecular complexity index is 681. The van der Waals surface area contributed by atoms with Gasteiger partial charge >= 0.3 is 10.4 Å². The first-order valence-corrected chi connectivity index (χ1v) is 8.36. The van der Waals surface area contributed by atoms with Crippen LogP contribution in [-0.2, 0) is 10.4 Å². The summed E-state index contributed by atoms with van der Waals surface area (Å²) in [6.45, 7) is 3.17. The van der Waals surface area contributed by atoms with Crippen LogP contribution in [0.1, 0.15) is 18.4 Å². The Morgan fingerprint density at radius 3 is 2.17 bits per heavy atom. The highest BCUT2D eigenvalue weighted by atomic mass is 32.3. The Morgan fingerprint density at radius 2 is 1.61 bits per heavy atom. The molecule has 0 amide bonds. The summed E-state index contributed by atoms with van der Waals surface area (Å²) in [7, 11) is -2.69. The van der Waals surface area contributed by atoms with Gasteiger partial charge in [0.25, 0.3) is 0 Å². The van der Waals surface area contributed by atoms with Gasteiger partial charge in [0.2, 0.25) is 0 Å². The maximum atomic E-state index is 8.74. The molecule has 7 heteroatoms. The number of likely N-dealkylation sites (N-methyl/N-ethyl adjacent to an activating group) is 1. The van der Waals surface area contributed by atoms with E-state index in [0.29, 0.717) is 5.92 Å². The number of hydrogen-bond acceptors (Lipinski definition) is 4. The van der Waals surface area contributed by atoms with Gasteiger partial charge in [0, 0.05) is 6.54 Å². The van der Waals surface area contributed by atoms with Crippen molar-refractivity contribution in [2.75, 3.05) is 13.6 Å². The van der Waals surface area contributed by atoms with Gasteiger partial charge in [-0.25, -0.2) is 0 Å². The number of para-hydroxylation sites is 1. The Kier molecular flexibility index (Phi) is 7.70. The van der Waals surface area contributed by atoms with Gasteiger partial charge in [-0.2, -0.15) is 8.42 Å². The van der Waals surface area contributed by atoms with Crippen molar-refractivity contribution in [1.29, 1.82) is 0 Å². The fourth-order valence-electron chi connectivity index (χ4n) is 1.93. The van der Waals surface area contributed by atoms with Crippen LogP contribution in [-0.4, -0.2) is 31.1 Å². The minimum atomic E-state index is -4.67. The van der Waals surface area contributed by atoms with Crippen LogP contribution in [0.5, 0.6) is 11.5 Å². The van der Waals surface area contributed by atoms with Crippen molar-refractivity contribution in [3.05, 3.63) is 60.2 Å². The van der Waals surface area contributed by atoms with Crippen molar-refractivity contribution in [2.45, 2.75) is 12.8 Å². The molecule has 2 aromatic rings. The van der Waals surface area contributed by atoms with E-state index >= 15 is 0 Å². The van der Waals surface area contributed by atoms with Crippen molar-refractivity contribution in [3.8, 4) is 11.5 Å². The molecule has 0 fully saturated rings. The topological polar surface area (TPSA) is 95.9 Å². The van der Waals surface area contributed by atoms with Gasteiger partial charge in [-0.15, -0.1) is 0 Å². The van der Waals surface area contributed by atoms with E-state index in [9.17, 15) is 0 Å². The van der Waals surface area contributed by atoms with Crippen LogP contribution in [0.15, 0.2) is 54.6 Å². The first-order chi connectivity index (χ1) is 10.8. The highest BCUT2D eigenvalue weighted by molar-refractivity contribution is 7.79. The van der Waals surface area contributed by atoms with Gasteiger partial charge in [-0.3, -0.25) is 9.11 Å². The molecule has 0 aromatic heterocycles. The number of nitrogens with one attached hydrogen (secondary N) is 1. The summed E-state index contributed by atoms with van der Waals surface area (Å²) < 4.78 is 37.4. The zero-order chi connectivity index (χ0) is 17.3. The number of hydrogen-bond donors (Lipinski definition) is 3. The van der Waals surface area contributed by atoms with Crippen molar-refractivity contribution < 1.29 is 22.3 Å². The quantitative estimate of drug-likeness (QED) is 0.724. The van der Waals surface area contributed by atoms with Crippen molar-refractivity contribution in [3.63, 3.8) is 0 Å². The molecule has 23 heavy (non-hydrogen) atoms. The van der Waals surface area contributed by atoms with Crippen LogP contribution in [0.2, 0.25) is 0 Å². The summed E-state index contributed by atoms with van der Waals surface area (Å²) in [5.74, 6) is 2.24. The first-order valence-electron chi connectivity index (χ1n) is 6.97. The lowest BCUT2D eigenvalue weighted by atomic mass is 10.0. The second-order valence-corrected chi connectivity index (χ2v) is 5.79. The zero-order valence-electron chi connectivity index (χ0n) is 13.0. The third-order valence-electron chi connectivity index (χ3n) is 2.92. The largest absolute Gasteiger partial charge is 0.457 e. The molecular formula is C16H21NO5S. The molecule has 6 nitrogen and oxygen atoms in total. The normalized spacial score (nSPS) is 12.0. The van der Waals surface area contributed by atoms with Crippen LogP contribution >= 0.6 is 0 Å². The Balaban J connectivity index is 0.000000463. The van der Waals surface area contributed by atoms with E-state index in [4.69, 9.17) is 22.3 Å². The highest BCUT2D eigenvalue weighted by Gasteiger charge is 2.05. The van der Waals surface area contributed by atoms with E-state index in [2.05, 4.69) is 24.4 Å². The minimum Gasteiger partial charge on any atom is -0.457 e. The molecule has 0 bridgehead atoms. The van der Waals surface area contributed by atoms with Crippen molar-refractivity contribution in [2.24, 2.45) is 0 Å². The smallest absolute Gasteiger partial charge is 0.394 e. The molecule has 2 aromatic carbocycles. The lowest BCUT2D eigenvalue weighted by Crippen LogP contribution is -2.14. The molecule has 0 aliphatic carbocycles. The summed E-state index contributed by atoms with van der Waals surface area (Å²) in [6, 6.07) is 18.1. The van der Waals surface area contributed by atoms with Gasteiger partial charge in [0.05, 0.1) is 0 Å². The van der Waals surface area contributed by atoms with Crippen LogP contribution in [0, 0.1) is 0 Å². The Labute approximate surface area is 136 Å².